The summed E-state index contributed by atoms with van der Waals surface area (Å²) in [7, 11) is 1.59. The van der Waals surface area contributed by atoms with Crippen molar-refractivity contribution in [3.8, 4) is 0 Å². The second kappa shape index (κ2) is 5.31. The fraction of sp³-hybridized carbons (Fsp3) is 0.0833. The first-order valence-corrected chi connectivity index (χ1v) is 5.59. The molecule has 0 atom stereocenters. The quantitative estimate of drug-likeness (QED) is 0.511. The molecule has 0 aliphatic heterocycles. The summed E-state index contributed by atoms with van der Waals surface area (Å²) in [5.74, 6) is -0.624. The van der Waals surface area contributed by atoms with Gasteiger partial charge in [-0.05, 0) is 17.7 Å². The molecule has 2 N–H and O–H groups in total. The van der Waals surface area contributed by atoms with Crippen LogP contribution in [0, 0.1) is 10.1 Å². The van der Waals surface area contributed by atoms with Gasteiger partial charge in [-0.2, -0.15) is 5.10 Å². The Hall–Kier alpha value is -3.03. The van der Waals surface area contributed by atoms with Crippen LogP contribution in [0.2, 0.25) is 0 Å². The SMILES string of the molecule is Cn1ncc(N=Cc2ccc([N+](=O)[O-])cc2)c1C(N)=O. The summed E-state index contributed by atoms with van der Waals surface area (Å²) in [6.45, 7) is 0. The minimum absolute atomic E-state index is 0.00125. The lowest BCUT2D eigenvalue weighted by atomic mass is 10.2. The van der Waals surface area contributed by atoms with Gasteiger partial charge in [-0.3, -0.25) is 24.6 Å². The van der Waals surface area contributed by atoms with Gasteiger partial charge in [0.25, 0.3) is 11.6 Å². The number of nitrogens with zero attached hydrogens (tertiary/aromatic N) is 4. The average Bonchev–Trinajstić information content (AvgIpc) is 2.78. The molecular formula is C12H11N5O3. The zero-order chi connectivity index (χ0) is 14.7. The second-order valence-corrected chi connectivity index (χ2v) is 3.97. The molecule has 1 amide bonds. The number of rotatable bonds is 4. The highest BCUT2D eigenvalue weighted by atomic mass is 16.6. The van der Waals surface area contributed by atoms with E-state index in [0.29, 0.717) is 11.3 Å². The number of hydrogen-bond acceptors (Lipinski definition) is 5. The van der Waals surface area contributed by atoms with Crippen LogP contribution in [0.3, 0.4) is 0 Å². The summed E-state index contributed by atoms with van der Waals surface area (Å²) in [4.78, 5) is 25.4. The zero-order valence-electron chi connectivity index (χ0n) is 10.6. The summed E-state index contributed by atoms with van der Waals surface area (Å²) in [6.07, 6.45) is 2.90. The number of aliphatic imine (C=N–C) groups is 1. The Morgan fingerprint density at radius 2 is 2.10 bits per heavy atom. The first kappa shape index (κ1) is 13.4. The van der Waals surface area contributed by atoms with Crippen LogP contribution in [0.5, 0.6) is 0 Å². The van der Waals surface area contributed by atoms with Gasteiger partial charge in [0.2, 0.25) is 0 Å². The van der Waals surface area contributed by atoms with E-state index in [1.807, 2.05) is 0 Å². The number of hydrogen-bond donors (Lipinski definition) is 1. The third-order valence-electron chi connectivity index (χ3n) is 2.61. The van der Waals surface area contributed by atoms with Crippen molar-refractivity contribution in [2.75, 3.05) is 0 Å². The summed E-state index contributed by atoms with van der Waals surface area (Å²) in [6, 6.07) is 5.86. The van der Waals surface area contributed by atoms with Crippen LogP contribution >= 0.6 is 0 Å². The molecule has 20 heavy (non-hydrogen) atoms. The molecule has 8 nitrogen and oxygen atoms in total. The fourth-order valence-corrected chi connectivity index (χ4v) is 1.63. The number of aryl methyl sites for hydroxylation is 1. The maximum Gasteiger partial charge on any atom is 0.269 e. The highest BCUT2D eigenvalue weighted by molar-refractivity contribution is 5.97. The first-order chi connectivity index (χ1) is 9.49. The summed E-state index contributed by atoms with van der Waals surface area (Å²) >= 11 is 0. The highest BCUT2D eigenvalue weighted by Crippen LogP contribution is 2.17. The van der Waals surface area contributed by atoms with Crippen molar-refractivity contribution in [1.29, 1.82) is 0 Å². The molecule has 8 heteroatoms. The van der Waals surface area contributed by atoms with Crippen molar-refractivity contribution in [2.24, 2.45) is 17.8 Å². The predicted molar refractivity (Wildman–Crippen MR) is 72.1 cm³/mol. The summed E-state index contributed by atoms with van der Waals surface area (Å²) in [5.41, 5.74) is 6.44. The van der Waals surface area contributed by atoms with E-state index in [1.54, 1.807) is 19.2 Å². The predicted octanol–water partition coefficient (Wildman–Crippen LogP) is 1.18. The molecule has 0 saturated heterocycles. The summed E-state index contributed by atoms with van der Waals surface area (Å²) < 4.78 is 1.34. The van der Waals surface area contributed by atoms with Gasteiger partial charge in [0.1, 0.15) is 5.69 Å². The monoisotopic (exact) mass is 273 g/mol. The minimum Gasteiger partial charge on any atom is -0.364 e. The number of aromatic nitrogens is 2. The Balaban J connectivity index is 2.25. The number of non-ortho nitro benzene ring substituents is 1. The molecule has 1 heterocycles. The van der Waals surface area contributed by atoms with Gasteiger partial charge in [-0.15, -0.1) is 0 Å². The van der Waals surface area contributed by atoms with Gasteiger partial charge in [-0.25, -0.2) is 0 Å². The van der Waals surface area contributed by atoms with Gasteiger partial charge in [0, 0.05) is 25.4 Å². The summed E-state index contributed by atoms with van der Waals surface area (Å²) in [5, 5.41) is 14.4. The molecular weight excluding hydrogens is 262 g/mol. The molecule has 102 valence electrons. The van der Waals surface area contributed by atoms with Crippen LogP contribution in [0.25, 0.3) is 0 Å². The van der Waals surface area contributed by atoms with Gasteiger partial charge in [0.05, 0.1) is 11.1 Å². The van der Waals surface area contributed by atoms with Crippen LogP contribution in [0.1, 0.15) is 16.1 Å². The molecule has 0 saturated carbocycles. The fourth-order valence-electron chi connectivity index (χ4n) is 1.63. The van der Waals surface area contributed by atoms with Crippen molar-refractivity contribution >= 4 is 23.5 Å². The number of amides is 1. The molecule has 1 aromatic heterocycles. The Kier molecular flexibility index (Phi) is 3.56. The van der Waals surface area contributed by atoms with Crippen LogP contribution < -0.4 is 5.73 Å². The van der Waals surface area contributed by atoms with Crippen molar-refractivity contribution in [3.05, 3.63) is 51.8 Å². The number of carbonyl (C=O) groups is 1. The molecule has 2 aromatic rings. The van der Waals surface area contributed by atoms with Crippen molar-refractivity contribution < 1.29 is 9.72 Å². The average molecular weight is 273 g/mol. The number of benzene rings is 1. The van der Waals surface area contributed by atoms with Crippen LogP contribution in [-0.2, 0) is 7.05 Å². The highest BCUT2D eigenvalue weighted by Gasteiger charge is 2.12. The van der Waals surface area contributed by atoms with E-state index in [2.05, 4.69) is 10.1 Å². The molecule has 0 aliphatic carbocycles. The normalized spacial score (nSPS) is 10.8. The van der Waals surface area contributed by atoms with Crippen LogP contribution in [0.15, 0.2) is 35.5 Å². The number of primary amides is 1. The largest absolute Gasteiger partial charge is 0.364 e. The molecule has 1 aromatic carbocycles. The van der Waals surface area contributed by atoms with Crippen molar-refractivity contribution in [2.45, 2.75) is 0 Å². The van der Waals surface area contributed by atoms with E-state index >= 15 is 0 Å². The van der Waals surface area contributed by atoms with Crippen LogP contribution in [0.4, 0.5) is 11.4 Å². The van der Waals surface area contributed by atoms with E-state index in [4.69, 9.17) is 5.73 Å². The van der Waals surface area contributed by atoms with Crippen molar-refractivity contribution in [1.82, 2.24) is 9.78 Å². The molecule has 0 unspecified atom stereocenters. The number of nitro groups is 1. The molecule has 0 bridgehead atoms. The molecule has 0 radical (unpaired) electrons. The number of nitrogens with two attached hydrogens (primary N) is 1. The smallest absolute Gasteiger partial charge is 0.269 e. The van der Waals surface area contributed by atoms with E-state index < -0.39 is 10.8 Å². The van der Waals surface area contributed by atoms with E-state index in [-0.39, 0.29) is 11.4 Å². The second-order valence-electron chi connectivity index (χ2n) is 3.97. The topological polar surface area (TPSA) is 116 Å². The minimum atomic E-state index is -0.624. The Labute approximate surface area is 113 Å². The Bertz CT molecular complexity index is 688. The Morgan fingerprint density at radius 3 is 2.65 bits per heavy atom. The first-order valence-electron chi connectivity index (χ1n) is 5.59. The van der Waals surface area contributed by atoms with E-state index in [9.17, 15) is 14.9 Å². The van der Waals surface area contributed by atoms with Gasteiger partial charge in [-0.1, -0.05) is 0 Å². The third kappa shape index (κ3) is 2.69. The zero-order valence-corrected chi connectivity index (χ0v) is 10.6. The Morgan fingerprint density at radius 1 is 1.45 bits per heavy atom. The number of carbonyl (C=O) groups excluding carboxylic acids is 1. The molecule has 0 fully saturated rings. The lowest BCUT2D eigenvalue weighted by molar-refractivity contribution is -0.384. The van der Waals surface area contributed by atoms with Crippen molar-refractivity contribution in [3.63, 3.8) is 0 Å². The lowest BCUT2D eigenvalue weighted by Crippen LogP contribution is -2.15. The molecule has 0 aliphatic rings. The van der Waals surface area contributed by atoms with Crippen LogP contribution in [-0.4, -0.2) is 26.8 Å². The number of nitro benzene ring substituents is 1. The van der Waals surface area contributed by atoms with Gasteiger partial charge >= 0.3 is 0 Å². The standard InChI is InChI=1S/C12H11N5O3/c1-16-11(12(13)18)10(7-15-16)14-6-8-2-4-9(5-3-8)17(19)20/h2-7H,1H3,(H2,13,18). The van der Waals surface area contributed by atoms with Gasteiger partial charge < -0.3 is 5.73 Å². The molecule has 2 rings (SSSR count). The lowest BCUT2D eigenvalue weighted by Gasteiger charge is -1.97. The van der Waals surface area contributed by atoms with Gasteiger partial charge in [0.15, 0.2) is 5.69 Å². The van der Waals surface area contributed by atoms with E-state index in [0.717, 1.165) is 0 Å². The maximum absolute atomic E-state index is 11.2. The van der Waals surface area contributed by atoms with E-state index in [1.165, 1.54) is 29.2 Å². The third-order valence-corrected chi connectivity index (χ3v) is 2.61. The molecule has 0 spiro atoms. The maximum atomic E-state index is 11.2.